The predicted octanol–water partition coefficient (Wildman–Crippen LogP) is 16.5. The minimum atomic E-state index is 0.901. The van der Waals surface area contributed by atoms with E-state index in [9.17, 15) is 0 Å². The Kier molecular flexibility index (Phi) is 8.87. The summed E-state index contributed by atoms with van der Waals surface area (Å²) in [6, 6.07) is 84.9. The van der Waals surface area contributed by atoms with Crippen LogP contribution >= 0.6 is 0 Å². The van der Waals surface area contributed by atoms with Gasteiger partial charge in [0.05, 0.1) is 0 Å². The van der Waals surface area contributed by atoms with Gasteiger partial charge in [0.1, 0.15) is 11.2 Å². The van der Waals surface area contributed by atoms with Crippen molar-refractivity contribution in [3.05, 3.63) is 237 Å². The summed E-state index contributed by atoms with van der Waals surface area (Å²) in [5, 5.41) is 4.70. The lowest BCUT2D eigenvalue weighted by Gasteiger charge is -2.26. The quantitative estimate of drug-likeness (QED) is 0.153. The Morgan fingerprint density at radius 2 is 0.600 bits per heavy atom. The van der Waals surface area contributed by atoms with Gasteiger partial charge >= 0.3 is 0 Å². The fraction of sp³-hybridized carbons (Fsp3) is 0. The first-order valence-electron chi connectivity index (χ1n) is 20.5. The minimum absolute atomic E-state index is 0.901. The first kappa shape index (κ1) is 35.2. The Hall–Kier alpha value is -7.94. The lowest BCUT2D eigenvalue weighted by molar-refractivity contribution is 0.669. The van der Waals surface area contributed by atoms with Gasteiger partial charge in [0.2, 0.25) is 0 Å². The fourth-order valence-corrected chi connectivity index (χ4v) is 8.50. The van der Waals surface area contributed by atoms with Crippen LogP contribution in [-0.2, 0) is 0 Å². The van der Waals surface area contributed by atoms with Crippen LogP contribution in [0.25, 0.3) is 88.3 Å². The lowest BCUT2D eigenvalue weighted by Crippen LogP contribution is -2.09. The molecule has 2 heteroatoms. The average Bonchev–Trinajstić information content (AvgIpc) is 3.70. The summed E-state index contributed by atoms with van der Waals surface area (Å²) in [5.41, 5.74) is 17.0. The van der Waals surface area contributed by atoms with E-state index in [1.165, 1.54) is 66.4 Å². The Balaban J connectivity index is 0.874. The summed E-state index contributed by atoms with van der Waals surface area (Å²) in [6.45, 7) is 0. The predicted molar refractivity (Wildman–Crippen MR) is 253 cm³/mol. The van der Waals surface area contributed by atoms with E-state index in [1.807, 2.05) is 0 Å². The highest BCUT2D eigenvalue weighted by atomic mass is 16.3. The van der Waals surface area contributed by atoms with Crippen LogP contribution in [0, 0.1) is 0 Å². The zero-order valence-corrected chi connectivity index (χ0v) is 32.9. The molecule has 0 aliphatic heterocycles. The third-order valence-electron chi connectivity index (χ3n) is 11.7. The van der Waals surface area contributed by atoms with Gasteiger partial charge in [-0.2, -0.15) is 0 Å². The van der Waals surface area contributed by atoms with Crippen LogP contribution in [0.3, 0.4) is 0 Å². The molecular formula is C58H39NO. The molecule has 0 aliphatic carbocycles. The van der Waals surface area contributed by atoms with E-state index in [0.29, 0.717) is 0 Å². The second-order valence-corrected chi connectivity index (χ2v) is 15.4. The van der Waals surface area contributed by atoms with Gasteiger partial charge in [-0.3, -0.25) is 0 Å². The molecule has 10 aromatic carbocycles. The maximum absolute atomic E-state index is 6.26. The number of furan rings is 1. The molecule has 0 saturated carbocycles. The van der Waals surface area contributed by atoms with E-state index in [4.69, 9.17) is 4.42 Å². The molecule has 0 bridgehead atoms. The van der Waals surface area contributed by atoms with Crippen molar-refractivity contribution in [2.24, 2.45) is 0 Å². The maximum Gasteiger partial charge on any atom is 0.135 e. The third kappa shape index (κ3) is 6.70. The molecule has 0 saturated heterocycles. The highest BCUT2D eigenvalue weighted by molar-refractivity contribution is 6.07. The molecule has 0 atom stereocenters. The van der Waals surface area contributed by atoms with Crippen molar-refractivity contribution in [2.45, 2.75) is 0 Å². The van der Waals surface area contributed by atoms with Gasteiger partial charge in [-0.1, -0.05) is 170 Å². The number of benzene rings is 10. The molecule has 11 rings (SSSR count). The number of anilines is 3. The molecule has 0 amide bonds. The fourth-order valence-electron chi connectivity index (χ4n) is 8.50. The summed E-state index contributed by atoms with van der Waals surface area (Å²) in [5.74, 6) is 0. The van der Waals surface area contributed by atoms with Gasteiger partial charge in [0.15, 0.2) is 0 Å². The normalized spacial score (nSPS) is 11.3. The molecule has 282 valence electrons. The molecular weight excluding hydrogens is 727 g/mol. The second-order valence-electron chi connectivity index (χ2n) is 15.4. The Bertz CT molecular complexity index is 3270. The molecule has 1 aromatic heterocycles. The molecule has 0 N–H and O–H groups in total. The average molecular weight is 766 g/mol. The SMILES string of the molecule is c1ccc(-c2ccc(N(c3ccc(-c4ccc(-c5cccc(-c6ccc7oc8ccc(-c9ccccc9)cc8c7c6)c5)cc4)cc3)c3ccc4ccccc4c3)cc2)cc1. The summed E-state index contributed by atoms with van der Waals surface area (Å²) < 4.78 is 6.26. The number of rotatable bonds is 8. The van der Waals surface area contributed by atoms with E-state index in [0.717, 1.165) is 39.0 Å². The van der Waals surface area contributed by atoms with Crippen molar-refractivity contribution in [1.82, 2.24) is 0 Å². The van der Waals surface area contributed by atoms with E-state index < -0.39 is 0 Å². The van der Waals surface area contributed by atoms with E-state index in [1.54, 1.807) is 0 Å². The van der Waals surface area contributed by atoms with Crippen molar-refractivity contribution in [3.63, 3.8) is 0 Å². The second kappa shape index (κ2) is 15.1. The van der Waals surface area contributed by atoms with Crippen molar-refractivity contribution < 1.29 is 4.42 Å². The molecule has 0 fully saturated rings. The zero-order valence-electron chi connectivity index (χ0n) is 32.9. The van der Waals surface area contributed by atoms with E-state index in [-0.39, 0.29) is 0 Å². The van der Waals surface area contributed by atoms with Crippen LogP contribution in [0.5, 0.6) is 0 Å². The topological polar surface area (TPSA) is 16.4 Å². The number of hydrogen-bond acceptors (Lipinski definition) is 2. The smallest absolute Gasteiger partial charge is 0.135 e. The monoisotopic (exact) mass is 765 g/mol. The van der Waals surface area contributed by atoms with Gasteiger partial charge in [-0.25, -0.2) is 0 Å². The highest BCUT2D eigenvalue weighted by Crippen LogP contribution is 2.39. The van der Waals surface area contributed by atoms with Crippen LogP contribution < -0.4 is 4.90 Å². The van der Waals surface area contributed by atoms with Crippen LogP contribution in [0.4, 0.5) is 17.1 Å². The largest absolute Gasteiger partial charge is 0.456 e. The van der Waals surface area contributed by atoms with Gasteiger partial charge < -0.3 is 9.32 Å². The number of nitrogens with zero attached hydrogens (tertiary/aromatic N) is 1. The number of fused-ring (bicyclic) bond motifs is 4. The zero-order chi connectivity index (χ0) is 39.8. The van der Waals surface area contributed by atoms with Crippen molar-refractivity contribution in [3.8, 4) is 55.6 Å². The van der Waals surface area contributed by atoms with Crippen molar-refractivity contribution in [1.29, 1.82) is 0 Å². The Morgan fingerprint density at radius 1 is 0.233 bits per heavy atom. The Morgan fingerprint density at radius 3 is 1.17 bits per heavy atom. The molecule has 0 unspecified atom stereocenters. The highest BCUT2D eigenvalue weighted by Gasteiger charge is 2.15. The maximum atomic E-state index is 6.26. The van der Waals surface area contributed by atoms with E-state index >= 15 is 0 Å². The van der Waals surface area contributed by atoms with E-state index in [2.05, 4.69) is 241 Å². The van der Waals surface area contributed by atoms with Crippen molar-refractivity contribution in [2.75, 3.05) is 4.90 Å². The molecule has 60 heavy (non-hydrogen) atoms. The minimum Gasteiger partial charge on any atom is -0.456 e. The molecule has 0 spiro atoms. The first-order valence-corrected chi connectivity index (χ1v) is 20.5. The van der Waals surface area contributed by atoms with Crippen LogP contribution in [-0.4, -0.2) is 0 Å². The summed E-state index contributed by atoms with van der Waals surface area (Å²) in [7, 11) is 0. The van der Waals surface area contributed by atoms with Crippen molar-refractivity contribution >= 4 is 49.8 Å². The van der Waals surface area contributed by atoms with Crippen LogP contribution in [0.15, 0.2) is 241 Å². The van der Waals surface area contributed by atoms with Gasteiger partial charge in [0.25, 0.3) is 0 Å². The molecule has 11 aromatic rings. The standard InChI is InChI=1S/C58H39NO/c1-3-10-40(11-4-1)44-22-29-52(30-23-44)59(54-33-26-42-14-7-8-15-49(42)37-54)53-31-24-45(25-32-53)43-18-20-46(21-19-43)47-16-9-17-48(36-47)51-28-35-58-56(39-51)55-38-50(27-34-57(55)60-58)41-12-5-2-6-13-41/h1-39H. The van der Waals surface area contributed by atoms with Gasteiger partial charge in [-0.15, -0.1) is 0 Å². The molecule has 0 aliphatic rings. The van der Waals surface area contributed by atoms with Gasteiger partial charge in [0, 0.05) is 27.8 Å². The molecule has 0 radical (unpaired) electrons. The molecule has 1 heterocycles. The Labute approximate surface area is 349 Å². The third-order valence-corrected chi connectivity index (χ3v) is 11.7. The van der Waals surface area contributed by atoms with Crippen LogP contribution in [0.1, 0.15) is 0 Å². The molecule has 2 nitrogen and oxygen atoms in total. The van der Waals surface area contributed by atoms with Crippen LogP contribution in [0.2, 0.25) is 0 Å². The number of hydrogen-bond donors (Lipinski definition) is 0. The summed E-state index contributed by atoms with van der Waals surface area (Å²) in [6.07, 6.45) is 0. The summed E-state index contributed by atoms with van der Waals surface area (Å²) in [4.78, 5) is 2.34. The first-order chi connectivity index (χ1) is 29.7. The summed E-state index contributed by atoms with van der Waals surface area (Å²) >= 11 is 0. The lowest BCUT2D eigenvalue weighted by atomic mass is 9.96. The van der Waals surface area contributed by atoms with Gasteiger partial charge in [-0.05, 0) is 133 Å².